The minimum atomic E-state index is -4.38. The quantitative estimate of drug-likeness (QED) is 0.273. The lowest BCUT2D eigenvalue weighted by molar-refractivity contribution is -0.152. The van der Waals surface area contributed by atoms with E-state index < -0.39 is 59.0 Å². The van der Waals surface area contributed by atoms with E-state index in [0.29, 0.717) is 0 Å². The molecule has 2 N–H and O–H groups in total. The van der Waals surface area contributed by atoms with Gasteiger partial charge in [-0.3, -0.25) is 23.9 Å². The van der Waals surface area contributed by atoms with Gasteiger partial charge in [-0.25, -0.2) is 4.98 Å². The van der Waals surface area contributed by atoms with Gasteiger partial charge in [0.25, 0.3) is 10.1 Å². The van der Waals surface area contributed by atoms with E-state index in [1.165, 1.54) is 33.1 Å². The number of nitrogens with one attached hydrogen (secondary N) is 2. The maximum atomic E-state index is 13.2. The number of carbonyl (C=O) groups is 3. The van der Waals surface area contributed by atoms with Crippen molar-refractivity contribution < 1.29 is 45.9 Å². The first-order valence-electron chi connectivity index (χ1n) is 11.9. The van der Waals surface area contributed by atoms with Crippen LogP contribution in [0.5, 0.6) is 5.88 Å². The summed E-state index contributed by atoms with van der Waals surface area (Å²) < 4.78 is 53.8. The molecule has 16 heteroatoms. The summed E-state index contributed by atoms with van der Waals surface area (Å²) in [6, 6.07) is 5.94. The zero-order valence-corrected chi connectivity index (χ0v) is 23.0. The van der Waals surface area contributed by atoms with Gasteiger partial charge in [0.2, 0.25) is 17.7 Å². The standard InChI is InChI=1S/C24H27N5O10S/c1-11-6-8-15(9-7-11)40(33,34)39-18-16(10-36-13(3)31)38-20(19(18)37-14(4)32)22-26-17-21(27-22)28-24(25-12(2)30)29-23(17)35-5/h6-9,16,18-20H,10H2,1-5H3,(H2,25,26,27,28,29,30)/t16-,18+,19-,20-/m1/s1. The summed E-state index contributed by atoms with van der Waals surface area (Å²) in [5.41, 5.74) is 1.13. The number of aromatic nitrogens is 4. The number of H-pyrrole nitrogens is 1. The van der Waals surface area contributed by atoms with Crippen molar-refractivity contribution in [1.82, 2.24) is 19.9 Å². The van der Waals surface area contributed by atoms with Gasteiger partial charge in [0.05, 0.1) is 12.0 Å². The van der Waals surface area contributed by atoms with Crippen LogP contribution in [0, 0.1) is 6.92 Å². The summed E-state index contributed by atoms with van der Waals surface area (Å²) in [6.07, 6.45) is -5.19. The Morgan fingerprint density at radius 3 is 2.33 bits per heavy atom. The maximum Gasteiger partial charge on any atom is 0.303 e. The zero-order chi connectivity index (χ0) is 29.2. The van der Waals surface area contributed by atoms with Gasteiger partial charge in [0, 0.05) is 20.8 Å². The van der Waals surface area contributed by atoms with Crippen LogP contribution in [0.3, 0.4) is 0 Å². The number of nitrogens with zero attached hydrogens (tertiary/aromatic N) is 3. The van der Waals surface area contributed by atoms with E-state index in [1.807, 2.05) is 0 Å². The molecule has 4 atom stereocenters. The van der Waals surface area contributed by atoms with E-state index in [-0.39, 0.29) is 33.7 Å². The number of ether oxygens (including phenoxy) is 4. The van der Waals surface area contributed by atoms with Gasteiger partial charge in [-0.05, 0) is 19.1 Å². The van der Waals surface area contributed by atoms with E-state index in [2.05, 4.69) is 25.3 Å². The number of anilines is 1. The normalized spacial score (nSPS) is 20.7. The van der Waals surface area contributed by atoms with E-state index in [0.717, 1.165) is 12.5 Å². The molecule has 1 fully saturated rings. The van der Waals surface area contributed by atoms with Gasteiger partial charge in [0.15, 0.2) is 17.9 Å². The highest BCUT2D eigenvalue weighted by Crippen LogP contribution is 2.39. The highest BCUT2D eigenvalue weighted by Gasteiger charge is 2.52. The SMILES string of the molecule is COc1nc(NC(C)=O)nc2nc([C@@H]3O[C@H](COC(C)=O)[C@H](OS(=O)(=O)c4ccc(C)cc4)[C@H]3OC(C)=O)[nH]c12. The summed E-state index contributed by atoms with van der Waals surface area (Å²) in [5.74, 6) is -1.80. The molecule has 0 saturated carbocycles. The molecule has 4 rings (SSSR count). The lowest BCUT2D eigenvalue weighted by Crippen LogP contribution is -2.40. The van der Waals surface area contributed by atoms with Crippen LogP contribution in [0.4, 0.5) is 5.95 Å². The number of fused-ring (bicyclic) bond motifs is 1. The number of hydrogen-bond donors (Lipinski definition) is 2. The van der Waals surface area contributed by atoms with Crippen molar-refractivity contribution in [2.75, 3.05) is 19.0 Å². The molecule has 3 heterocycles. The second-order valence-corrected chi connectivity index (χ2v) is 10.4. The second-order valence-electron chi connectivity index (χ2n) is 8.86. The van der Waals surface area contributed by atoms with E-state index >= 15 is 0 Å². The third kappa shape index (κ3) is 6.35. The monoisotopic (exact) mass is 577 g/mol. The Kier molecular flexibility index (Phi) is 8.32. The number of methoxy groups -OCH3 is 1. The number of aromatic amines is 1. The van der Waals surface area contributed by atoms with Crippen LogP contribution < -0.4 is 10.1 Å². The third-order valence-corrected chi connectivity index (χ3v) is 7.02. The van der Waals surface area contributed by atoms with Gasteiger partial charge in [-0.1, -0.05) is 17.7 Å². The third-order valence-electron chi connectivity index (χ3n) is 5.70. The van der Waals surface area contributed by atoms with Gasteiger partial charge < -0.3 is 23.9 Å². The lowest BCUT2D eigenvalue weighted by Gasteiger charge is -2.23. The number of hydrogen-bond acceptors (Lipinski definition) is 13. The van der Waals surface area contributed by atoms with Crippen molar-refractivity contribution >= 4 is 45.1 Å². The maximum absolute atomic E-state index is 13.2. The van der Waals surface area contributed by atoms with Gasteiger partial charge in [0.1, 0.15) is 30.2 Å². The molecule has 40 heavy (non-hydrogen) atoms. The van der Waals surface area contributed by atoms with Crippen LogP contribution in [0.15, 0.2) is 29.2 Å². The first-order chi connectivity index (χ1) is 18.9. The fourth-order valence-electron chi connectivity index (χ4n) is 4.01. The first-order valence-corrected chi connectivity index (χ1v) is 13.3. The molecule has 1 aliphatic heterocycles. The topological polar surface area (TPSA) is 198 Å². The molecular formula is C24H27N5O10S. The average Bonchev–Trinajstić information content (AvgIpc) is 3.43. The number of imidazole rings is 1. The molecule has 0 bridgehead atoms. The number of aryl methyl sites for hydroxylation is 1. The van der Waals surface area contributed by atoms with Crippen molar-refractivity contribution in [3.63, 3.8) is 0 Å². The number of carbonyl (C=O) groups excluding carboxylic acids is 3. The predicted molar refractivity (Wildman–Crippen MR) is 136 cm³/mol. The summed E-state index contributed by atoms with van der Waals surface area (Å²) in [5, 5.41) is 2.44. The molecule has 214 valence electrons. The number of benzene rings is 1. The molecule has 0 radical (unpaired) electrons. The van der Waals surface area contributed by atoms with Gasteiger partial charge >= 0.3 is 11.9 Å². The highest BCUT2D eigenvalue weighted by molar-refractivity contribution is 7.86. The Labute approximate surface area is 228 Å². The van der Waals surface area contributed by atoms with Crippen molar-refractivity contribution in [3.05, 3.63) is 35.7 Å². The number of amides is 1. The largest absolute Gasteiger partial charge is 0.479 e. The molecule has 15 nitrogen and oxygen atoms in total. The minimum absolute atomic E-state index is 0.0424. The minimum Gasteiger partial charge on any atom is -0.479 e. The van der Waals surface area contributed by atoms with Crippen LogP contribution in [-0.2, 0) is 42.9 Å². The molecule has 1 saturated heterocycles. The Morgan fingerprint density at radius 2 is 1.73 bits per heavy atom. The van der Waals surface area contributed by atoms with Crippen molar-refractivity contribution in [1.29, 1.82) is 0 Å². The summed E-state index contributed by atoms with van der Waals surface area (Å²) >= 11 is 0. The average molecular weight is 578 g/mol. The van der Waals surface area contributed by atoms with Crippen LogP contribution in [-0.4, -0.2) is 78.2 Å². The summed E-state index contributed by atoms with van der Waals surface area (Å²) in [6.45, 7) is 4.97. The molecule has 1 aromatic carbocycles. The molecule has 0 unspecified atom stereocenters. The van der Waals surface area contributed by atoms with Crippen molar-refractivity contribution in [3.8, 4) is 5.88 Å². The highest BCUT2D eigenvalue weighted by atomic mass is 32.2. The Bertz CT molecular complexity index is 1540. The number of rotatable bonds is 9. The molecular weight excluding hydrogens is 550 g/mol. The Balaban J connectivity index is 1.76. The molecule has 2 aromatic heterocycles. The van der Waals surface area contributed by atoms with E-state index in [4.69, 9.17) is 23.1 Å². The fraction of sp³-hybridized carbons (Fsp3) is 0.417. The van der Waals surface area contributed by atoms with E-state index in [9.17, 15) is 22.8 Å². The molecule has 1 aliphatic rings. The lowest BCUT2D eigenvalue weighted by atomic mass is 10.1. The molecule has 3 aromatic rings. The summed E-state index contributed by atoms with van der Waals surface area (Å²) in [4.78, 5) is 50.6. The Morgan fingerprint density at radius 1 is 1.02 bits per heavy atom. The van der Waals surface area contributed by atoms with Crippen LogP contribution >= 0.6 is 0 Å². The van der Waals surface area contributed by atoms with Gasteiger partial charge in [-0.15, -0.1) is 0 Å². The molecule has 0 spiro atoms. The van der Waals surface area contributed by atoms with E-state index in [1.54, 1.807) is 19.1 Å². The van der Waals surface area contributed by atoms with Crippen molar-refractivity contribution in [2.24, 2.45) is 0 Å². The van der Waals surface area contributed by atoms with Gasteiger partial charge in [-0.2, -0.15) is 18.4 Å². The fourth-order valence-corrected chi connectivity index (χ4v) is 5.12. The van der Waals surface area contributed by atoms with Crippen LogP contribution in [0.1, 0.15) is 38.3 Å². The first kappa shape index (κ1) is 28.8. The smallest absolute Gasteiger partial charge is 0.303 e. The molecule has 0 aliphatic carbocycles. The number of esters is 2. The second kappa shape index (κ2) is 11.5. The zero-order valence-electron chi connectivity index (χ0n) is 22.2. The van der Waals surface area contributed by atoms with Crippen LogP contribution in [0.25, 0.3) is 11.2 Å². The van der Waals surface area contributed by atoms with Crippen LogP contribution in [0.2, 0.25) is 0 Å². The van der Waals surface area contributed by atoms with Crippen molar-refractivity contribution in [2.45, 2.75) is 57.0 Å². The molecule has 1 amide bonds. The predicted octanol–water partition coefficient (Wildman–Crippen LogP) is 1.34. The Hall–Kier alpha value is -4.15. The summed E-state index contributed by atoms with van der Waals surface area (Å²) in [7, 11) is -3.03.